The van der Waals surface area contributed by atoms with E-state index in [1.54, 1.807) is 23.0 Å². The maximum atomic E-state index is 14.1. The second kappa shape index (κ2) is 9.49. The fourth-order valence-electron chi connectivity index (χ4n) is 3.07. The van der Waals surface area contributed by atoms with Gasteiger partial charge in [0.15, 0.2) is 0 Å². The molecule has 0 unspecified atom stereocenters. The Hall–Kier alpha value is -1.97. The van der Waals surface area contributed by atoms with E-state index in [-0.39, 0.29) is 48.6 Å². The van der Waals surface area contributed by atoms with Crippen LogP contribution in [-0.4, -0.2) is 24.5 Å². The molecule has 6 nitrogen and oxygen atoms in total. The Morgan fingerprint density at radius 2 is 1.86 bits per heavy atom. The van der Waals surface area contributed by atoms with E-state index in [4.69, 9.17) is 10.9 Å². The number of aromatic nitrogens is 2. The van der Waals surface area contributed by atoms with Crippen LogP contribution in [0.3, 0.4) is 0 Å². The molecule has 0 saturated heterocycles. The minimum atomic E-state index is -3.85. The second-order valence-electron chi connectivity index (χ2n) is 5.89. The zero-order valence-corrected chi connectivity index (χ0v) is 17.5. The summed E-state index contributed by atoms with van der Waals surface area (Å²) < 4.78 is 39.4. The SMILES string of the molecule is Cc1c(-c2ccncc2)c2cc(S(N)(=O)=O)ccc2n1C/C(F)=C/CN.Cl.Cl. The largest absolute Gasteiger partial charge is 0.337 e. The number of halogens is 3. The van der Waals surface area contributed by atoms with E-state index in [0.717, 1.165) is 16.8 Å². The van der Waals surface area contributed by atoms with Gasteiger partial charge in [-0.2, -0.15) is 0 Å². The molecule has 0 atom stereocenters. The summed E-state index contributed by atoms with van der Waals surface area (Å²) in [6.07, 6.45) is 4.61. The number of nitrogens with zero attached hydrogens (tertiary/aromatic N) is 2. The van der Waals surface area contributed by atoms with E-state index in [2.05, 4.69) is 4.98 Å². The molecule has 4 N–H and O–H groups in total. The molecule has 0 fully saturated rings. The van der Waals surface area contributed by atoms with Crippen LogP contribution in [0.5, 0.6) is 0 Å². The molecule has 0 radical (unpaired) electrons. The summed E-state index contributed by atoms with van der Waals surface area (Å²) in [5.74, 6) is -0.357. The molecule has 2 aromatic heterocycles. The van der Waals surface area contributed by atoms with Crippen molar-refractivity contribution in [3.05, 3.63) is 60.3 Å². The van der Waals surface area contributed by atoms with Crippen molar-refractivity contribution in [1.29, 1.82) is 0 Å². The lowest BCUT2D eigenvalue weighted by atomic mass is 10.0. The van der Waals surface area contributed by atoms with Gasteiger partial charge >= 0.3 is 0 Å². The van der Waals surface area contributed by atoms with Crippen LogP contribution in [0.4, 0.5) is 4.39 Å². The number of pyridine rings is 1. The van der Waals surface area contributed by atoms with Gasteiger partial charge in [0.2, 0.25) is 10.0 Å². The average Bonchev–Trinajstić information content (AvgIpc) is 2.86. The molecule has 0 aliphatic heterocycles. The molecule has 1 aromatic carbocycles. The topological polar surface area (TPSA) is 104 Å². The van der Waals surface area contributed by atoms with E-state index in [1.807, 2.05) is 19.1 Å². The van der Waals surface area contributed by atoms with Gasteiger partial charge in [0.25, 0.3) is 0 Å². The smallest absolute Gasteiger partial charge is 0.238 e. The van der Waals surface area contributed by atoms with E-state index >= 15 is 0 Å². The standard InChI is InChI=1S/C18H19FN4O2S.2ClH/c1-12-18(13-5-8-22-9-6-13)16-10-15(26(21,24)25)2-3-17(16)23(12)11-14(19)4-7-20;;/h2-6,8-10H,7,11,20H2,1H3,(H2,21,24,25);2*1H/b14-4-;;. The van der Waals surface area contributed by atoms with Crippen molar-refractivity contribution < 1.29 is 12.8 Å². The zero-order valence-electron chi connectivity index (χ0n) is 15.0. The summed E-state index contributed by atoms with van der Waals surface area (Å²) in [6, 6.07) is 8.23. The van der Waals surface area contributed by atoms with Gasteiger partial charge in [0, 0.05) is 41.1 Å². The van der Waals surface area contributed by atoms with Crippen molar-refractivity contribution in [2.45, 2.75) is 18.4 Å². The zero-order chi connectivity index (χ0) is 18.9. The molecule has 10 heteroatoms. The van der Waals surface area contributed by atoms with Crippen molar-refractivity contribution in [3.63, 3.8) is 0 Å². The summed E-state index contributed by atoms with van der Waals surface area (Å²) in [5, 5.41) is 5.96. The molecule has 2 heterocycles. The fraction of sp³-hybridized carbons (Fsp3) is 0.167. The van der Waals surface area contributed by atoms with Gasteiger partial charge in [-0.15, -0.1) is 24.8 Å². The minimum absolute atomic E-state index is 0. The maximum Gasteiger partial charge on any atom is 0.238 e. The third-order valence-corrected chi connectivity index (χ3v) is 5.15. The van der Waals surface area contributed by atoms with Crippen LogP contribution < -0.4 is 10.9 Å². The summed E-state index contributed by atoms with van der Waals surface area (Å²) in [4.78, 5) is 4.02. The molecule has 0 bridgehead atoms. The number of benzene rings is 1. The summed E-state index contributed by atoms with van der Waals surface area (Å²) in [5.41, 5.74) is 8.57. The molecule has 0 aliphatic carbocycles. The van der Waals surface area contributed by atoms with Gasteiger partial charge in [-0.1, -0.05) is 0 Å². The Balaban J connectivity index is 0.00000196. The fourth-order valence-corrected chi connectivity index (χ4v) is 3.61. The first kappa shape index (κ1) is 24.1. The van der Waals surface area contributed by atoms with Crippen LogP contribution in [0.25, 0.3) is 22.0 Å². The molecule has 0 saturated carbocycles. The molecule has 0 spiro atoms. The number of rotatable bonds is 5. The molecular formula is C18H21Cl2FN4O2S. The van der Waals surface area contributed by atoms with Crippen molar-refractivity contribution >= 4 is 45.7 Å². The number of primary sulfonamides is 1. The Morgan fingerprint density at radius 1 is 1.21 bits per heavy atom. The lowest BCUT2D eigenvalue weighted by Crippen LogP contribution is -2.11. The summed E-state index contributed by atoms with van der Waals surface area (Å²) >= 11 is 0. The predicted octanol–water partition coefficient (Wildman–Crippen LogP) is 3.31. The number of sulfonamides is 1. The minimum Gasteiger partial charge on any atom is -0.337 e. The Kier molecular flexibility index (Phi) is 8.16. The number of hydrogen-bond acceptors (Lipinski definition) is 4. The third-order valence-electron chi connectivity index (χ3n) is 4.24. The molecular weight excluding hydrogens is 426 g/mol. The highest BCUT2D eigenvalue weighted by Crippen LogP contribution is 2.36. The highest BCUT2D eigenvalue weighted by Gasteiger charge is 2.19. The molecule has 28 heavy (non-hydrogen) atoms. The quantitative estimate of drug-likeness (QED) is 0.626. The highest BCUT2D eigenvalue weighted by molar-refractivity contribution is 7.89. The Labute approximate surface area is 175 Å². The van der Waals surface area contributed by atoms with Crippen LogP contribution >= 0.6 is 24.8 Å². The number of nitrogens with two attached hydrogens (primary N) is 2. The summed E-state index contributed by atoms with van der Waals surface area (Å²) in [7, 11) is -3.85. The number of hydrogen-bond donors (Lipinski definition) is 2. The maximum absolute atomic E-state index is 14.1. The van der Waals surface area contributed by atoms with Gasteiger partial charge < -0.3 is 10.3 Å². The third kappa shape index (κ3) is 4.71. The van der Waals surface area contributed by atoms with Crippen LogP contribution in [0, 0.1) is 6.92 Å². The van der Waals surface area contributed by atoms with Crippen LogP contribution in [0.1, 0.15) is 5.69 Å². The summed E-state index contributed by atoms with van der Waals surface area (Å²) in [6.45, 7) is 1.98. The number of fused-ring (bicyclic) bond motifs is 1. The van der Waals surface area contributed by atoms with E-state index < -0.39 is 10.0 Å². The van der Waals surface area contributed by atoms with Gasteiger partial charge in [-0.05, 0) is 48.9 Å². The first-order valence-corrected chi connectivity index (χ1v) is 9.48. The van der Waals surface area contributed by atoms with Gasteiger partial charge in [-0.25, -0.2) is 17.9 Å². The first-order valence-electron chi connectivity index (χ1n) is 7.93. The normalized spacial score (nSPS) is 11.8. The van der Waals surface area contributed by atoms with Gasteiger partial charge in [0.05, 0.1) is 11.4 Å². The van der Waals surface area contributed by atoms with Crippen molar-refractivity contribution in [3.8, 4) is 11.1 Å². The molecule has 0 amide bonds. The van der Waals surface area contributed by atoms with Crippen molar-refractivity contribution in [1.82, 2.24) is 9.55 Å². The van der Waals surface area contributed by atoms with Crippen molar-refractivity contribution in [2.75, 3.05) is 6.54 Å². The first-order chi connectivity index (χ1) is 12.3. The van der Waals surface area contributed by atoms with E-state index in [9.17, 15) is 12.8 Å². The molecule has 0 aliphatic rings. The van der Waals surface area contributed by atoms with Crippen LogP contribution in [0.2, 0.25) is 0 Å². The van der Waals surface area contributed by atoms with Crippen LogP contribution in [-0.2, 0) is 16.6 Å². The van der Waals surface area contributed by atoms with Gasteiger partial charge in [0.1, 0.15) is 5.83 Å². The van der Waals surface area contributed by atoms with Crippen molar-refractivity contribution in [2.24, 2.45) is 10.9 Å². The van der Waals surface area contributed by atoms with E-state index in [0.29, 0.717) is 10.9 Å². The average molecular weight is 447 g/mol. The predicted molar refractivity (Wildman–Crippen MR) is 114 cm³/mol. The molecule has 152 valence electrons. The second-order valence-corrected chi connectivity index (χ2v) is 7.45. The molecule has 3 rings (SSSR count). The lowest BCUT2D eigenvalue weighted by molar-refractivity contribution is 0.555. The Morgan fingerprint density at radius 3 is 2.43 bits per heavy atom. The molecule has 3 aromatic rings. The highest BCUT2D eigenvalue weighted by atomic mass is 35.5. The van der Waals surface area contributed by atoms with E-state index in [1.165, 1.54) is 18.2 Å². The monoisotopic (exact) mass is 446 g/mol. The van der Waals surface area contributed by atoms with Gasteiger partial charge in [-0.3, -0.25) is 4.98 Å². The lowest BCUT2D eigenvalue weighted by Gasteiger charge is -2.07. The number of allylic oxidation sites excluding steroid dienone is 1. The van der Waals surface area contributed by atoms with Crippen LogP contribution in [0.15, 0.2) is 59.5 Å². The Bertz CT molecular complexity index is 1100.